The Labute approximate surface area is 134 Å². The van der Waals surface area contributed by atoms with Gasteiger partial charge in [0.05, 0.1) is 6.20 Å². The fourth-order valence-electron chi connectivity index (χ4n) is 3.63. The molecule has 2 aromatic rings. The van der Waals surface area contributed by atoms with Crippen molar-refractivity contribution in [2.45, 2.75) is 51.1 Å². The zero-order valence-electron chi connectivity index (χ0n) is 13.1. The smallest absolute Gasteiger partial charge is 0.252 e. The molecule has 2 aliphatic rings. The van der Waals surface area contributed by atoms with E-state index >= 15 is 0 Å². The van der Waals surface area contributed by atoms with Crippen molar-refractivity contribution < 1.29 is 4.79 Å². The summed E-state index contributed by atoms with van der Waals surface area (Å²) in [5.41, 5.74) is 0.697. The lowest BCUT2D eigenvalue weighted by atomic mass is 10.0. The number of amides is 1. The van der Waals surface area contributed by atoms with Crippen LogP contribution in [0.25, 0.3) is 5.95 Å². The molecule has 0 spiro atoms. The standard InChI is InChI=1S/C16H20N6O/c1-2-13-15(23)19-12-10-17-16(21-9-5-8-18-21)20-14(12)22(13)11-6-3-4-7-11/h5,8-11,13H,2-4,6-7H2,1H3,(H,19,23)/t13-/m1/s1. The third-order valence-electron chi connectivity index (χ3n) is 4.71. The highest BCUT2D eigenvalue weighted by Crippen LogP contribution is 2.37. The van der Waals surface area contributed by atoms with E-state index in [-0.39, 0.29) is 11.9 Å². The van der Waals surface area contributed by atoms with E-state index in [4.69, 9.17) is 4.98 Å². The number of nitrogens with one attached hydrogen (secondary N) is 1. The molecular formula is C16H20N6O. The Kier molecular flexibility index (Phi) is 3.48. The first-order valence-electron chi connectivity index (χ1n) is 8.24. The Balaban J connectivity index is 1.80. The summed E-state index contributed by atoms with van der Waals surface area (Å²) in [5, 5.41) is 7.15. The third-order valence-corrected chi connectivity index (χ3v) is 4.71. The molecule has 1 saturated carbocycles. The molecule has 1 amide bonds. The summed E-state index contributed by atoms with van der Waals surface area (Å²) in [6.45, 7) is 2.05. The van der Waals surface area contributed by atoms with Crippen LogP contribution in [-0.2, 0) is 4.79 Å². The highest BCUT2D eigenvalue weighted by atomic mass is 16.2. The molecule has 120 valence electrons. The first-order valence-corrected chi connectivity index (χ1v) is 8.24. The summed E-state index contributed by atoms with van der Waals surface area (Å²) >= 11 is 0. The summed E-state index contributed by atoms with van der Waals surface area (Å²) in [4.78, 5) is 23.7. The third kappa shape index (κ3) is 2.36. The van der Waals surface area contributed by atoms with Crippen molar-refractivity contribution in [3.05, 3.63) is 24.7 Å². The van der Waals surface area contributed by atoms with Gasteiger partial charge in [0.15, 0.2) is 5.82 Å². The summed E-state index contributed by atoms with van der Waals surface area (Å²) < 4.78 is 1.64. The van der Waals surface area contributed by atoms with Crippen molar-refractivity contribution in [1.29, 1.82) is 0 Å². The van der Waals surface area contributed by atoms with E-state index in [9.17, 15) is 4.79 Å². The van der Waals surface area contributed by atoms with Crippen molar-refractivity contribution in [1.82, 2.24) is 19.7 Å². The van der Waals surface area contributed by atoms with Gasteiger partial charge in [-0.15, -0.1) is 0 Å². The minimum atomic E-state index is -0.161. The Morgan fingerprint density at radius 1 is 1.35 bits per heavy atom. The highest BCUT2D eigenvalue weighted by Gasteiger charge is 2.38. The van der Waals surface area contributed by atoms with Crippen LogP contribution in [0.3, 0.4) is 0 Å². The molecule has 0 unspecified atom stereocenters. The number of aromatic nitrogens is 4. The molecule has 7 heteroatoms. The zero-order chi connectivity index (χ0) is 15.8. The van der Waals surface area contributed by atoms with E-state index < -0.39 is 0 Å². The topological polar surface area (TPSA) is 75.9 Å². The van der Waals surface area contributed by atoms with E-state index in [1.807, 2.05) is 19.2 Å². The lowest BCUT2D eigenvalue weighted by molar-refractivity contribution is -0.117. The van der Waals surface area contributed by atoms with Crippen molar-refractivity contribution in [2.75, 3.05) is 10.2 Å². The average Bonchev–Trinajstić information content (AvgIpc) is 3.26. The van der Waals surface area contributed by atoms with E-state index in [1.165, 1.54) is 12.8 Å². The van der Waals surface area contributed by atoms with E-state index in [0.29, 0.717) is 17.7 Å². The first-order chi connectivity index (χ1) is 11.3. The zero-order valence-corrected chi connectivity index (χ0v) is 13.1. The van der Waals surface area contributed by atoms with E-state index in [1.54, 1.807) is 17.1 Å². The van der Waals surface area contributed by atoms with Gasteiger partial charge in [0.1, 0.15) is 11.7 Å². The van der Waals surface area contributed by atoms with E-state index in [2.05, 4.69) is 20.3 Å². The maximum atomic E-state index is 12.4. The molecule has 1 N–H and O–H groups in total. The molecule has 3 heterocycles. The highest BCUT2D eigenvalue weighted by molar-refractivity contribution is 6.02. The minimum Gasteiger partial charge on any atom is -0.340 e. The lowest BCUT2D eigenvalue weighted by Gasteiger charge is -2.40. The molecule has 1 fully saturated rings. The van der Waals surface area contributed by atoms with Crippen molar-refractivity contribution in [3.8, 4) is 5.95 Å². The second kappa shape index (κ2) is 5.64. The quantitative estimate of drug-likeness (QED) is 0.939. The molecule has 1 atom stereocenters. The Morgan fingerprint density at radius 3 is 2.87 bits per heavy atom. The van der Waals surface area contributed by atoms with Crippen LogP contribution in [0.1, 0.15) is 39.0 Å². The van der Waals surface area contributed by atoms with Crippen LogP contribution in [0.5, 0.6) is 0 Å². The van der Waals surface area contributed by atoms with Crippen LogP contribution in [0.2, 0.25) is 0 Å². The lowest BCUT2D eigenvalue weighted by Crippen LogP contribution is -2.52. The SMILES string of the molecule is CC[C@@H]1C(=O)Nc2cnc(-n3cccn3)nc2N1C1CCCC1. The largest absolute Gasteiger partial charge is 0.340 e. The van der Waals surface area contributed by atoms with Gasteiger partial charge in [-0.1, -0.05) is 19.8 Å². The number of nitrogens with zero attached hydrogens (tertiary/aromatic N) is 5. The molecule has 0 bridgehead atoms. The van der Waals surface area contributed by atoms with Crippen LogP contribution in [-0.4, -0.2) is 37.7 Å². The maximum Gasteiger partial charge on any atom is 0.252 e. The van der Waals surface area contributed by atoms with Gasteiger partial charge in [0.2, 0.25) is 5.91 Å². The predicted octanol–water partition coefficient (Wildman–Crippen LogP) is 2.14. The van der Waals surface area contributed by atoms with Gasteiger partial charge < -0.3 is 10.2 Å². The Hall–Kier alpha value is -2.44. The van der Waals surface area contributed by atoms with Crippen LogP contribution < -0.4 is 10.2 Å². The molecule has 0 radical (unpaired) electrons. The van der Waals surface area contributed by atoms with Gasteiger partial charge in [0, 0.05) is 18.4 Å². The number of fused-ring (bicyclic) bond motifs is 1. The number of hydrogen-bond acceptors (Lipinski definition) is 5. The molecule has 23 heavy (non-hydrogen) atoms. The summed E-state index contributed by atoms with van der Waals surface area (Å²) in [6, 6.07) is 2.06. The van der Waals surface area contributed by atoms with Crippen LogP contribution in [0.15, 0.2) is 24.7 Å². The van der Waals surface area contributed by atoms with Crippen molar-refractivity contribution in [3.63, 3.8) is 0 Å². The number of hydrogen-bond donors (Lipinski definition) is 1. The Bertz CT molecular complexity index is 707. The summed E-state index contributed by atoms with van der Waals surface area (Å²) in [7, 11) is 0. The van der Waals surface area contributed by atoms with E-state index in [0.717, 1.165) is 25.1 Å². The van der Waals surface area contributed by atoms with Gasteiger partial charge in [0.25, 0.3) is 5.95 Å². The number of rotatable bonds is 3. The van der Waals surface area contributed by atoms with Gasteiger partial charge in [-0.2, -0.15) is 10.1 Å². The molecule has 2 aromatic heterocycles. The van der Waals surface area contributed by atoms with Crippen molar-refractivity contribution >= 4 is 17.4 Å². The normalized spacial score (nSPS) is 21.3. The number of carbonyl (C=O) groups excluding carboxylic acids is 1. The molecule has 0 aromatic carbocycles. The molecule has 4 rings (SSSR count). The van der Waals surface area contributed by atoms with Gasteiger partial charge >= 0.3 is 0 Å². The molecule has 1 aliphatic heterocycles. The monoisotopic (exact) mass is 312 g/mol. The fourth-order valence-corrected chi connectivity index (χ4v) is 3.63. The van der Waals surface area contributed by atoms with Gasteiger partial charge in [-0.25, -0.2) is 9.67 Å². The maximum absolute atomic E-state index is 12.4. The second-order valence-corrected chi connectivity index (χ2v) is 6.12. The molecule has 1 aliphatic carbocycles. The first kappa shape index (κ1) is 14.2. The Morgan fingerprint density at radius 2 is 2.17 bits per heavy atom. The van der Waals surface area contributed by atoms with Crippen LogP contribution >= 0.6 is 0 Å². The summed E-state index contributed by atoms with van der Waals surface area (Å²) in [5.74, 6) is 1.40. The predicted molar refractivity (Wildman–Crippen MR) is 86.6 cm³/mol. The van der Waals surface area contributed by atoms with Gasteiger partial charge in [-0.3, -0.25) is 4.79 Å². The van der Waals surface area contributed by atoms with Crippen LogP contribution in [0, 0.1) is 0 Å². The minimum absolute atomic E-state index is 0.0438. The van der Waals surface area contributed by atoms with Crippen LogP contribution in [0.4, 0.5) is 11.5 Å². The summed E-state index contributed by atoms with van der Waals surface area (Å²) in [6.07, 6.45) is 10.6. The average molecular weight is 312 g/mol. The number of anilines is 2. The van der Waals surface area contributed by atoms with Gasteiger partial charge in [-0.05, 0) is 25.3 Å². The van der Waals surface area contributed by atoms with Crippen molar-refractivity contribution in [2.24, 2.45) is 0 Å². The second-order valence-electron chi connectivity index (χ2n) is 6.12. The molecular weight excluding hydrogens is 292 g/mol. The number of carbonyl (C=O) groups is 1. The molecule has 0 saturated heterocycles. The molecule has 7 nitrogen and oxygen atoms in total. The fraction of sp³-hybridized carbons (Fsp3) is 0.500.